The van der Waals surface area contributed by atoms with Crippen LogP contribution in [0.25, 0.3) is 5.57 Å². The first-order chi connectivity index (χ1) is 9.27. The van der Waals surface area contributed by atoms with Crippen molar-refractivity contribution in [2.75, 3.05) is 0 Å². The molecule has 2 aromatic carbocycles. The molecule has 0 saturated heterocycles. The summed E-state index contributed by atoms with van der Waals surface area (Å²) in [5, 5.41) is 0. The quantitative estimate of drug-likeness (QED) is 0.480. The zero-order valence-corrected chi connectivity index (χ0v) is 12.8. The maximum atomic E-state index is 2.22. The number of allylic oxidation sites excluding steroid dienone is 1. The molecule has 1 aliphatic heterocycles. The third-order valence-corrected chi connectivity index (χ3v) is 4.18. The summed E-state index contributed by atoms with van der Waals surface area (Å²) in [6.45, 7) is 8.39. The molecule has 0 atom stereocenters. The van der Waals surface area contributed by atoms with Gasteiger partial charge in [0.1, 0.15) is 0 Å². The lowest BCUT2D eigenvalue weighted by atomic mass is 9.93. The smallest absolute Gasteiger partial charge is 0.0201 e. The molecule has 0 fully saturated rings. The predicted octanol–water partition coefficient (Wildman–Crippen LogP) is 6.02. The average molecular weight is 268 g/mol. The minimum absolute atomic E-state index is 1.36. The summed E-state index contributed by atoms with van der Waals surface area (Å²) in [5.41, 5.74) is 5.52. The Morgan fingerprint density at radius 1 is 0.737 bits per heavy atom. The SMILES string of the molecule is CC.CC(C)=C1c2ccccc2Sc2ccccc21. The van der Waals surface area contributed by atoms with E-state index in [0.29, 0.717) is 0 Å². The summed E-state index contributed by atoms with van der Waals surface area (Å²) in [6, 6.07) is 17.3. The van der Waals surface area contributed by atoms with E-state index >= 15 is 0 Å². The van der Waals surface area contributed by atoms with Crippen LogP contribution >= 0.6 is 11.8 Å². The second-order valence-electron chi connectivity index (χ2n) is 4.47. The minimum atomic E-state index is 1.36. The number of rotatable bonds is 0. The normalized spacial score (nSPS) is 11.9. The molecule has 0 radical (unpaired) electrons. The second kappa shape index (κ2) is 6.12. The van der Waals surface area contributed by atoms with E-state index in [1.54, 1.807) is 0 Å². The highest BCUT2D eigenvalue weighted by Gasteiger charge is 2.20. The number of benzene rings is 2. The van der Waals surface area contributed by atoms with Gasteiger partial charge in [0.15, 0.2) is 0 Å². The van der Waals surface area contributed by atoms with Gasteiger partial charge < -0.3 is 0 Å². The lowest BCUT2D eigenvalue weighted by molar-refractivity contribution is 1.25. The van der Waals surface area contributed by atoms with Gasteiger partial charge in [-0.2, -0.15) is 0 Å². The third-order valence-electron chi connectivity index (χ3n) is 3.03. The fraction of sp³-hybridized carbons (Fsp3) is 0.222. The van der Waals surface area contributed by atoms with Crippen LogP contribution < -0.4 is 0 Å². The first kappa shape index (κ1) is 14.0. The van der Waals surface area contributed by atoms with Gasteiger partial charge in [-0.25, -0.2) is 0 Å². The van der Waals surface area contributed by atoms with E-state index in [2.05, 4.69) is 62.4 Å². The Balaban J connectivity index is 0.000000637. The molecule has 0 nitrogen and oxygen atoms in total. The Morgan fingerprint density at radius 2 is 1.16 bits per heavy atom. The van der Waals surface area contributed by atoms with Crippen molar-refractivity contribution in [2.24, 2.45) is 0 Å². The van der Waals surface area contributed by atoms with Crippen molar-refractivity contribution >= 4 is 17.3 Å². The van der Waals surface area contributed by atoms with Crippen LogP contribution in [0, 0.1) is 0 Å². The number of fused-ring (bicyclic) bond motifs is 2. The maximum Gasteiger partial charge on any atom is 0.0201 e. The molecule has 0 bridgehead atoms. The van der Waals surface area contributed by atoms with Gasteiger partial charge in [-0.15, -0.1) is 0 Å². The molecular formula is C18H20S. The van der Waals surface area contributed by atoms with Gasteiger partial charge in [0.2, 0.25) is 0 Å². The molecule has 3 rings (SSSR count). The van der Waals surface area contributed by atoms with Gasteiger partial charge in [-0.1, -0.05) is 67.6 Å². The van der Waals surface area contributed by atoms with Crippen LogP contribution in [-0.2, 0) is 0 Å². The maximum absolute atomic E-state index is 2.22. The fourth-order valence-electron chi connectivity index (χ4n) is 2.33. The first-order valence-electron chi connectivity index (χ1n) is 6.81. The summed E-state index contributed by atoms with van der Waals surface area (Å²) in [5.74, 6) is 0. The van der Waals surface area contributed by atoms with Crippen LogP contribution in [-0.4, -0.2) is 0 Å². The van der Waals surface area contributed by atoms with Gasteiger partial charge >= 0.3 is 0 Å². The van der Waals surface area contributed by atoms with E-state index in [1.165, 1.54) is 32.1 Å². The van der Waals surface area contributed by atoms with Gasteiger partial charge in [0, 0.05) is 9.79 Å². The third kappa shape index (κ3) is 2.62. The predicted molar refractivity (Wildman–Crippen MR) is 85.7 cm³/mol. The van der Waals surface area contributed by atoms with Crippen LogP contribution in [0.15, 0.2) is 63.9 Å². The molecule has 0 N–H and O–H groups in total. The highest BCUT2D eigenvalue weighted by Crippen LogP contribution is 2.46. The molecule has 0 aliphatic carbocycles. The standard InChI is InChI=1S/C16H14S.C2H6/c1-11(2)16-12-7-3-5-9-14(12)17-15-10-6-4-8-13(15)16;1-2/h3-10H,1-2H3;1-2H3. The van der Waals surface area contributed by atoms with Crippen molar-refractivity contribution in [3.63, 3.8) is 0 Å². The zero-order chi connectivity index (χ0) is 13.8. The largest absolute Gasteiger partial charge is 0.0888 e. The van der Waals surface area contributed by atoms with Gasteiger partial charge in [0.05, 0.1) is 0 Å². The van der Waals surface area contributed by atoms with E-state index in [1.807, 2.05) is 25.6 Å². The van der Waals surface area contributed by atoms with E-state index < -0.39 is 0 Å². The van der Waals surface area contributed by atoms with E-state index in [9.17, 15) is 0 Å². The molecule has 0 saturated carbocycles. The molecule has 0 aromatic heterocycles. The zero-order valence-electron chi connectivity index (χ0n) is 12.0. The van der Waals surface area contributed by atoms with Crippen LogP contribution in [0.4, 0.5) is 0 Å². The van der Waals surface area contributed by atoms with Crippen molar-refractivity contribution < 1.29 is 0 Å². The summed E-state index contributed by atoms with van der Waals surface area (Å²) in [6.07, 6.45) is 0. The highest BCUT2D eigenvalue weighted by atomic mass is 32.2. The Hall–Kier alpha value is -1.47. The summed E-state index contributed by atoms with van der Waals surface area (Å²) in [7, 11) is 0. The van der Waals surface area contributed by atoms with Gasteiger partial charge in [-0.05, 0) is 42.7 Å². The highest BCUT2D eigenvalue weighted by molar-refractivity contribution is 7.99. The van der Waals surface area contributed by atoms with Crippen molar-refractivity contribution in [3.05, 3.63) is 65.2 Å². The molecule has 1 heterocycles. The van der Waals surface area contributed by atoms with Crippen molar-refractivity contribution in [1.82, 2.24) is 0 Å². The topological polar surface area (TPSA) is 0 Å². The Kier molecular flexibility index (Phi) is 4.49. The van der Waals surface area contributed by atoms with E-state index in [0.717, 1.165) is 0 Å². The molecule has 2 aromatic rings. The number of hydrogen-bond acceptors (Lipinski definition) is 1. The van der Waals surface area contributed by atoms with Crippen LogP contribution in [0.2, 0.25) is 0 Å². The Bertz CT molecular complexity index is 557. The monoisotopic (exact) mass is 268 g/mol. The molecule has 0 amide bonds. The molecule has 1 aliphatic rings. The number of hydrogen-bond donors (Lipinski definition) is 0. The van der Waals surface area contributed by atoms with Crippen molar-refractivity contribution in [3.8, 4) is 0 Å². The molecule has 0 spiro atoms. The van der Waals surface area contributed by atoms with Gasteiger partial charge in [-0.3, -0.25) is 0 Å². The lowest BCUT2D eigenvalue weighted by Gasteiger charge is -2.23. The van der Waals surface area contributed by atoms with Gasteiger partial charge in [0.25, 0.3) is 0 Å². The average Bonchev–Trinajstić information content (AvgIpc) is 2.46. The van der Waals surface area contributed by atoms with E-state index in [4.69, 9.17) is 0 Å². The lowest BCUT2D eigenvalue weighted by Crippen LogP contribution is -1.99. The molecule has 98 valence electrons. The summed E-state index contributed by atoms with van der Waals surface area (Å²) >= 11 is 1.87. The van der Waals surface area contributed by atoms with Crippen molar-refractivity contribution in [2.45, 2.75) is 37.5 Å². The van der Waals surface area contributed by atoms with Crippen molar-refractivity contribution in [1.29, 1.82) is 0 Å². The summed E-state index contributed by atoms with van der Waals surface area (Å²) < 4.78 is 0. The summed E-state index contributed by atoms with van der Waals surface area (Å²) in [4.78, 5) is 2.73. The Labute approximate surface area is 120 Å². The van der Waals surface area contributed by atoms with E-state index in [-0.39, 0.29) is 0 Å². The second-order valence-corrected chi connectivity index (χ2v) is 5.55. The molecular weight excluding hydrogens is 248 g/mol. The van der Waals surface area contributed by atoms with Crippen LogP contribution in [0.1, 0.15) is 38.8 Å². The molecule has 0 unspecified atom stereocenters. The molecule has 19 heavy (non-hydrogen) atoms. The van der Waals surface area contributed by atoms with Crippen LogP contribution in [0.5, 0.6) is 0 Å². The fourth-order valence-corrected chi connectivity index (χ4v) is 3.42. The molecule has 1 heteroatoms. The minimum Gasteiger partial charge on any atom is -0.0888 e. The van der Waals surface area contributed by atoms with Crippen LogP contribution in [0.3, 0.4) is 0 Å². The first-order valence-corrected chi connectivity index (χ1v) is 7.63. The Morgan fingerprint density at radius 3 is 1.58 bits per heavy atom.